The Kier molecular flexibility index (Phi) is 8.70. The summed E-state index contributed by atoms with van der Waals surface area (Å²) in [6.07, 6.45) is 5.71. The molecule has 212 valence electrons. The van der Waals surface area contributed by atoms with Crippen LogP contribution in [0.3, 0.4) is 0 Å². The Labute approximate surface area is 237 Å². The third kappa shape index (κ3) is 6.40. The molecule has 2 aromatic heterocycles. The van der Waals surface area contributed by atoms with Crippen LogP contribution in [0, 0.1) is 0 Å². The number of carbonyl (C=O) groups is 3. The predicted octanol–water partition coefficient (Wildman–Crippen LogP) is 5.43. The number of carbonyl (C=O) groups excluding carboxylic acids is 2. The zero-order chi connectivity index (χ0) is 28.9. The molecule has 0 saturated carbocycles. The van der Waals surface area contributed by atoms with Crippen molar-refractivity contribution in [2.45, 2.75) is 51.6 Å². The van der Waals surface area contributed by atoms with Crippen LogP contribution in [0.2, 0.25) is 0 Å². The number of methoxy groups -OCH3 is 1. The van der Waals surface area contributed by atoms with Crippen molar-refractivity contribution >= 4 is 40.2 Å². The lowest BCUT2D eigenvalue weighted by atomic mass is 10.0. The highest BCUT2D eigenvalue weighted by Gasteiger charge is 2.50. The van der Waals surface area contributed by atoms with E-state index in [1.807, 2.05) is 45.0 Å². The summed E-state index contributed by atoms with van der Waals surface area (Å²) in [7, 11) is 1.59. The second kappa shape index (κ2) is 12.0. The number of benzene rings is 1. The smallest absolute Gasteiger partial charge is 0.497 e. The summed E-state index contributed by atoms with van der Waals surface area (Å²) in [4.78, 5) is 47.7. The quantitative estimate of drug-likeness (QED) is 0.291. The molecule has 1 aromatic carbocycles. The van der Waals surface area contributed by atoms with Gasteiger partial charge in [0.1, 0.15) is 22.8 Å². The van der Waals surface area contributed by atoms with Crippen LogP contribution in [0.5, 0.6) is 5.75 Å². The monoisotopic (exact) mass is 567 g/mol. The number of rotatable bonds is 6. The van der Waals surface area contributed by atoms with Crippen molar-refractivity contribution in [3.63, 3.8) is 0 Å². The maximum absolute atomic E-state index is 13.7. The average molecular weight is 568 g/mol. The molecule has 1 saturated heterocycles. The first kappa shape index (κ1) is 29.0. The van der Waals surface area contributed by atoms with Crippen molar-refractivity contribution in [2.75, 3.05) is 30.8 Å². The molecule has 3 heterocycles. The molecular formula is C28H35N6O5S+. The number of likely N-dealkylation sites (tertiary alicyclic amines) is 1. The first-order valence-electron chi connectivity index (χ1n) is 13.1. The van der Waals surface area contributed by atoms with Gasteiger partial charge in [-0.05, 0) is 75.9 Å². The van der Waals surface area contributed by atoms with Crippen LogP contribution in [0.1, 0.15) is 50.4 Å². The van der Waals surface area contributed by atoms with Gasteiger partial charge < -0.3 is 15.2 Å². The fourth-order valence-corrected chi connectivity index (χ4v) is 6.00. The molecule has 1 aliphatic heterocycles. The Balaban J connectivity index is 1.62. The van der Waals surface area contributed by atoms with Crippen LogP contribution < -0.4 is 20.7 Å². The van der Waals surface area contributed by atoms with Crippen LogP contribution in [-0.4, -0.2) is 69.4 Å². The molecule has 0 spiro atoms. The molecule has 12 heteroatoms. The lowest BCUT2D eigenvalue weighted by molar-refractivity contribution is -0.903. The lowest BCUT2D eigenvalue weighted by Gasteiger charge is -2.44. The van der Waals surface area contributed by atoms with Crippen LogP contribution >= 0.6 is 11.3 Å². The second-order valence-electron chi connectivity index (χ2n) is 10.7. The van der Waals surface area contributed by atoms with Crippen LogP contribution in [0.25, 0.3) is 10.4 Å². The van der Waals surface area contributed by atoms with E-state index in [0.717, 1.165) is 23.3 Å². The molecule has 3 aromatic rings. The molecule has 11 nitrogen and oxygen atoms in total. The Morgan fingerprint density at radius 2 is 1.85 bits per heavy atom. The first-order valence-corrected chi connectivity index (χ1v) is 13.9. The Morgan fingerprint density at radius 1 is 1.10 bits per heavy atom. The molecule has 0 radical (unpaired) electrons. The van der Waals surface area contributed by atoms with Crippen LogP contribution in [0.4, 0.5) is 20.4 Å². The number of aromatic nitrogens is 2. The van der Waals surface area contributed by atoms with Crippen molar-refractivity contribution in [1.29, 1.82) is 0 Å². The van der Waals surface area contributed by atoms with E-state index in [1.165, 1.54) is 29.9 Å². The number of hydrogen-bond acceptors (Lipinski definition) is 7. The number of amides is 4. The molecule has 4 amide bonds. The number of carboxylic acid groups (broad SMARTS) is 1. The summed E-state index contributed by atoms with van der Waals surface area (Å²) in [5.74, 6) is 0.587. The Hall–Kier alpha value is -4.03. The zero-order valence-corrected chi connectivity index (χ0v) is 23.9. The van der Waals surface area contributed by atoms with E-state index in [0.29, 0.717) is 29.3 Å². The number of ether oxygens (including phenoxy) is 1. The molecule has 2 atom stereocenters. The van der Waals surface area contributed by atoms with Crippen molar-refractivity contribution in [2.24, 2.45) is 0 Å². The van der Waals surface area contributed by atoms with Gasteiger partial charge in [-0.1, -0.05) is 0 Å². The first-order chi connectivity index (χ1) is 19.0. The van der Waals surface area contributed by atoms with Gasteiger partial charge in [0.05, 0.1) is 31.5 Å². The highest BCUT2D eigenvalue weighted by atomic mass is 32.1. The number of urea groups is 1. The topological polar surface area (TPSA) is 143 Å². The molecule has 4 N–H and O–H groups in total. The molecule has 1 fully saturated rings. The predicted molar refractivity (Wildman–Crippen MR) is 154 cm³/mol. The number of nitrogens with one attached hydrogen (secondary N) is 3. The maximum atomic E-state index is 13.7. The van der Waals surface area contributed by atoms with Gasteiger partial charge in [-0.15, -0.1) is 11.3 Å². The van der Waals surface area contributed by atoms with Crippen LogP contribution in [0.15, 0.2) is 48.9 Å². The average Bonchev–Trinajstić information content (AvgIpc) is 3.20. The third-order valence-electron chi connectivity index (χ3n) is 7.24. The minimum Gasteiger partial charge on any atom is -0.497 e. The van der Waals surface area contributed by atoms with Gasteiger partial charge in [0.15, 0.2) is 5.82 Å². The lowest BCUT2D eigenvalue weighted by Crippen LogP contribution is -2.66. The normalized spacial score (nSPS) is 19.2. The molecule has 4 rings (SSSR count). The SMILES string of the molecule is COc1ccc(-c2cc(C(=O)N[C@H]3CCCC[N+](C(=O)O)(C(C)(C)C)C3)c(NC(=O)Nc3cnccn3)s2)cc1. The van der Waals surface area contributed by atoms with Gasteiger partial charge in [-0.25, -0.2) is 14.3 Å². The highest BCUT2D eigenvalue weighted by molar-refractivity contribution is 7.20. The van der Waals surface area contributed by atoms with E-state index in [4.69, 9.17) is 4.74 Å². The molecule has 40 heavy (non-hydrogen) atoms. The summed E-state index contributed by atoms with van der Waals surface area (Å²) in [5.41, 5.74) is 0.596. The minimum absolute atomic E-state index is 0.135. The zero-order valence-electron chi connectivity index (χ0n) is 23.1. The Morgan fingerprint density at radius 3 is 2.48 bits per heavy atom. The van der Waals surface area contributed by atoms with Gasteiger partial charge >= 0.3 is 12.1 Å². The highest BCUT2D eigenvalue weighted by Crippen LogP contribution is 2.37. The van der Waals surface area contributed by atoms with Gasteiger partial charge in [0, 0.05) is 17.3 Å². The number of hydrogen-bond donors (Lipinski definition) is 4. The summed E-state index contributed by atoms with van der Waals surface area (Å²) >= 11 is 1.26. The minimum atomic E-state index is -0.894. The van der Waals surface area contributed by atoms with E-state index < -0.39 is 17.7 Å². The third-order valence-corrected chi connectivity index (χ3v) is 8.34. The molecule has 1 aliphatic rings. The summed E-state index contributed by atoms with van der Waals surface area (Å²) < 4.78 is 5.12. The second-order valence-corrected chi connectivity index (χ2v) is 11.8. The van der Waals surface area contributed by atoms with Crippen molar-refractivity contribution in [3.05, 3.63) is 54.5 Å². The van der Waals surface area contributed by atoms with E-state index >= 15 is 0 Å². The van der Waals surface area contributed by atoms with Gasteiger partial charge in [0.2, 0.25) is 0 Å². The van der Waals surface area contributed by atoms with Crippen molar-refractivity contribution in [3.8, 4) is 16.2 Å². The number of nitrogens with zero attached hydrogens (tertiary/aromatic N) is 3. The van der Waals surface area contributed by atoms with E-state index in [-0.39, 0.29) is 28.8 Å². The largest absolute Gasteiger partial charge is 0.514 e. The van der Waals surface area contributed by atoms with Crippen LogP contribution in [-0.2, 0) is 0 Å². The Bertz CT molecular complexity index is 1360. The molecular weight excluding hydrogens is 532 g/mol. The van der Waals surface area contributed by atoms with Gasteiger partial charge in [-0.2, -0.15) is 4.79 Å². The number of thiophene rings is 1. The van der Waals surface area contributed by atoms with Gasteiger partial charge in [0.25, 0.3) is 5.91 Å². The van der Waals surface area contributed by atoms with E-state index in [9.17, 15) is 19.5 Å². The molecule has 1 unspecified atom stereocenters. The summed E-state index contributed by atoms with van der Waals surface area (Å²) in [5, 5.41) is 19.1. The van der Waals surface area contributed by atoms with Crippen molar-refractivity contribution < 1.29 is 28.7 Å². The van der Waals surface area contributed by atoms with Gasteiger partial charge in [-0.3, -0.25) is 20.4 Å². The summed E-state index contributed by atoms with van der Waals surface area (Å²) in [6, 6.07) is 8.22. The fraction of sp³-hybridized carbons (Fsp3) is 0.393. The molecule has 0 bridgehead atoms. The standard InChI is InChI=1S/C28H34N6O5S/c1-28(2,3)34(27(37)38)14-6-5-7-19(17-34)31-24(35)21-15-22(18-8-10-20(39-4)11-9-18)40-25(21)33-26(36)32-23-16-29-12-13-30-23/h8-13,15-16,19H,5-7,14,17H2,1-4H3,(H3-,30,31,32,33,35,36,37,38)/p+1/t19-,34?/m0/s1. The summed E-state index contributed by atoms with van der Waals surface area (Å²) in [6.45, 7) is 6.53. The number of anilines is 2. The van der Waals surface area contributed by atoms with Crippen molar-refractivity contribution in [1.82, 2.24) is 15.3 Å². The maximum Gasteiger partial charge on any atom is 0.514 e. The van der Waals surface area contributed by atoms with E-state index in [1.54, 1.807) is 13.2 Å². The van der Waals surface area contributed by atoms with E-state index in [2.05, 4.69) is 25.9 Å². The molecule has 0 aliphatic carbocycles. The fourth-order valence-electron chi connectivity index (χ4n) is 4.95. The number of quaternary nitrogens is 1.